The molecule has 0 atom stereocenters. The number of alkyl halides is 1. The molecule has 0 aliphatic heterocycles. The van der Waals surface area contributed by atoms with Gasteiger partial charge in [-0.15, -0.1) is 0 Å². The van der Waals surface area contributed by atoms with Crippen molar-refractivity contribution in [3.8, 4) is 0 Å². The number of aromatic nitrogens is 1. The second-order valence-corrected chi connectivity index (χ2v) is 4.16. The Balaban J connectivity index is 2.72. The van der Waals surface area contributed by atoms with Crippen molar-refractivity contribution < 1.29 is 4.42 Å². The fourth-order valence-electron chi connectivity index (χ4n) is 1.60. The maximum Gasteiger partial charge on any atom is 0.422 e. The van der Waals surface area contributed by atoms with Gasteiger partial charge in [0.05, 0.1) is 10.9 Å². The lowest BCUT2D eigenvalue weighted by atomic mass is 10.2. The van der Waals surface area contributed by atoms with Crippen LogP contribution in [0, 0.1) is 0 Å². The molecule has 0 spiro atoms. The Bertz CT molecular complexity index is 614. The third-order valence-corrected chi connectivity index (χ3v) is 2.89. The van der Waals surface area contributed by atoms with Gasteiger partial charge in [-0.1, -0.05) is 28.1 Å². The van der Waals surface area contributed by atoms with Crippen molar-refractivity contribution in [1.29, 1.82) is 0 Å². The van der Waals surface area contributed by atoms with Gasteiger partial charge in [-0.25, -0.2) is 9.59 Å². The molecular formula is C11H10BrNO3. The van der Waals surface area contributed by atoms with Gasteiger partial charge in [0, 0.05) is 11.9 Å². The maximum atomic E-state index is 11.5. The molecule has 2 aromatic rings. The SMILES string of the molecule is O=c1oc(=O)n(CCCBr)c2ccccc12. The third-order valence-electron chi connectivity index (χ3n) is 2.33. The number of hydrogen-bond donors (Lipinski definition) is 0. The fraction of sp³-hybridized carbons (Fsp3) is 0.273. The summed E-state index contributed by atoms with van der Waals surface area (Å²) in [4.78, 5) is 23.0. The lowest BCUT2D eigenvalue weighted by molar-refractivity contribution is 0.415. The summed E-state index contributed by atoms with van der Waals surface area (Å²) in [5.41, 5.74) is 0.0559. The van der Waals surface area contributed by atoms with Crippen LogP contribution in [0.5, 0.6) is 0 Å². The molecule has 4 nitrogen and oxygen atoms in total. The van der Waals surface area contributed by atoms with Crippen LogP contribution in [-0.4, -0.2) is 9.90 Å². The molecule has 16 heavy (non-hydrogen) atoms. The quantitative estimate of drug-likeness (QED) is 0.807. The molecule has 0 bridgehead atoms. The topological polar surface area (TPSA) is 52.2 Å². The first kappa shape index (κ1) is 11.1. The van der Waals surface area contributed by atoms with E-state index in [4.69, 9.17) is 0 Å². The Kier molecular flexibility index (Phi) is 3.24. The number of fused-ring (bicyclic) bond motifs is 1. The van der Waals surface area contributed by atoms with Gasteiger partial charge < -0.3 is 4.42 Å². The highest BCUT2D eigenvalue weighted by Crippen LogP contribution is 2.07. The Labute approximate surface area is 99.6 Å². The standard InChI is InChI=1S/C11H10BrNO3/c12-6-3-7-13-9-5-2-1-4-8(9)10(14)16-11(13)15/h1-2,4-5H,3,6-7H2. The predicted molar refractivity (Wildman–Crippen MR) is 65.2 cm³/mol. The van der Waals surface area contributed by atoms with Crippen LogP contribution in [0.2, 0.25) is 0 Å². The zero-order valence-corrected chi connectivity index (χ0v) is 10.1. The summed E-state index contributed by atoms with van der Waals surface area (Å²) in [7, 11) is 0. The van der Waals surface area contributed by atoms with Crippen molar-refractivity contribution in [3.05, 3.63) is 45.2 Å². The highest BCUT2D eigenvalue weighted by molar-refractivity contribution is 9.09. The largest absolute Gasteiger partial charge is 0.422 e. The molecule has 1 aromatic heterocycles. The number of halogens is 1. The molecule has 0 aliphatic rings. The molecule has 1 aromatic carbocycles. The molecule has 0 radical (unpaired) electrons. The Morgan fingerprint density at radius 2 is 2.00 bits per heavy atom. The maximum absolute atomic E-state index is 11.5. The molecular weight excluding hydrogens is 274 g/mol. The van der Waals surface area contributed by atoms with Crippen LogP contribution in [0.15, 0.2) is 38.3 Å². The summed E-state index contributed by atoms with van der Waals surface area (Å²) in [5.74, 6) is -0.593. The van der Waals surface area contributed by atoms with E-state index in [1.807, 2.05) is 0 Å². The van der Waals surface area contributed by atoms with Gasteiger partial charge in [0.1, 0.15) is 0 Å². The van der Waals surface area contributed by atoms with Gasteiger partial charge in [-0.3, -0.25) is 4.57 Å². The van der Waals surface area contributed by atoms with Gasteiger partial charge >= 0.3 is 11.4 Å². The lowest BCUT2D eigenvalue weighted by Gasteiger charge is -2.06. The Hall–Kier alpha value is -1.36. The molecule has 0 aliphatic carbocycles. The first-order chi connectivity index (χ1) is 7.74. The minimum atomic E-state index is -0.593. The average molecular weight is 284 g/mol. The molecule has 0 amide bonds. The van der Waals surface area contributed by atoms with E-state index >= 15 is 0 Å². The van der Waals surface area contributed by atoms with E-state index in [9.17, 15) is 9.59 Å². The fourth-order valence-corrected chi connectivity index (χ4v) is 1.85. The van der Waals surface area contributed by atoms with Crippen molar-refractivity contribution in [3.63, 3.8) is 0 Å². The summed E-state index contributed by atoms with van der Waals surface area (Å²) in [6.07, 6.45) is 0.803. The normalized spacial score (nSPS) is 10.8. The van der Waals surface area contributed by atoms with Crippen LogP contribution in [0.4, 0.5) is 0 Å². The molecule has 5 heteroatoms. The van der Waals surface area contributed by atoms with E-state index in [-0.39, 0.29) is 0 Å². The Morgan fingerprint density at radius 3 is 2.75 bits per heavy atom. The molecule has 1 heterocycles. The minimum absolute atomic E-state index is 0.441. The van der Waals surface area contributed by atoms with Crippen LogP contribution in [0.3, 0.4) is 0 Å². The molecule has 0 saturated carbocycles. The number of hydrogen-bond acceptors (Lipinski definition) is 3. The van der Waals surface area contributed by atoms with Gasteiger partial charge in [0.25, 0.3) is 0 Å². The zero-order valence-electron chi connectivity index (χ0n) is 8.48. The van der Waals surface area contributed by atoms with E-state index in [1.54, 1.807) is 24.3 Å². The first-order valence-electron chi connectivity index (χ1n) is 4.92. The number of nitrogens with zero attached hydrogens (tertiary/aromatic N) is 1. The number of rotatable bonds is 3. The van der Waals surface area contributed by atoms with Gasteiger partial charge in [-0.2, -0.15) is 0 Å². The van der Waals surface area contributed by atoms with Crippen molar-refractivity contribution >= 4 is 26.8 Å². The lowest BCUT2D eigenvalue weighted by Crippen LogP contribution is -2.25. The second kappa shape index (κ2) is 4.65. The predicted octanol–water partition coefficient (Wildman–Crippen LogP) is 1.74. The van der Waals surface area contributed by atoms with Crippen LogP contribution in [-0.2, 0) is 6.54 Å². The molecule has 0 fully saturated rings. The third kappa shape index (κ3) is 1.95. The van der Waals surface area contributed by atoms with E-state index < -0.39 is 11.4 Å². The summed E-state index contributed by atoms with van der Waals surface area (Å²) in [6, 6.07) is 6.96. The van der Waals surface area contributed by atoms with Crippen LogP contribution in [0.1, 0.15) is 6.42 Å². The van der Waals surface area contributed by atoms with E-state index in [2.05, 4.69) is 20.3 Å². The smallest absolute Gasteiger partial charge is 0.372 e. The van der Waals surface area contributed by atoms with Crippen LogP contribution >= 0.6 is 15.9 Å². The Morgan fingerprint density at radius 1 is 1.25 bits per heavy atom. The summed E-state index contributed by atoms with van der Waals surface area (Å²) in [6.45, 7) is 0.536. The van der Waals surface area contributed by atoms with Crippen molar-refractivity contribution in [2.24, 2.45) is 0 Å². The second-order valence-electron chi connectivity index (χ2n) is 3.37. The van der Waals surface area contributed by atoms with E-state index in [0.29, 0.717) is 17.4 Å². The number of para-hydroxylation sites is 1. The highest BCUT2D eigenvalue weighted by atomic mass is 79.9. The van der Waals surface area contributed by atoms with Crippen molar-refractivity contribution in [2.75, 3.05) is 5.33 Å². The van der Waals surface area contributed by atoms with Gasteiger partial charge in [-0.05, 0) is 18.6 Å². The molecule has 2 rings (SSSR count). The highest BCUT2D eigenvalue weighted by Gasteiger charge is 2.07. The van der Waals surface area contributed by atoms with Crippen molar-refractivity contribution in [2.45, 2.75) is 13.0 Å². The average Bonchev–Trinajstić information content (AvgIpc) is 2.29. The zero-order chi connectivity index (χ0) is 11.5. The first-order valence-corrected chi connectivity index (χ1v) is 6.05. The summed E-state index contributed by atoms with van der Waals surface area (Å²) >= 11 is 3.30. The summed E-state index contributed by atoms with van der Waals surface area (Å²) in [5, 5.41) is 1.24. The minimum Gasteiger partial charge on any atom is -0.372 e. The van der Waals surface area contributed by atoms with E-state index in [0.717, 1.165) is 11.8 Å². The monoisotopic (exact) mass is 283 g/mol. The van der Waals surface area contributed by atoms with Crippen molar-refractivity contribution in [1.82, 2.24) is 4.57 Å². The molecule has 0 unspecified atom stereocenters. The molecule has 0 N–H and O–H groups in total. The molecule has 84 valence electrons. The van der Waals surface area contributed by atoms with Crippen LogP contribution < -0.4 is 11.4 Å². The van der Waals surface area contributed by atoms with Gasteiger partial charge in [0.15, 0.2) is 0 Å². The number of benzene rings is 1. The summed E-state index contributed by atoms with van der Waals surface area (Å²) < 4.78 is 6.14. The van der Waals surface area contributed by atoms with Gasteiger partial charge in [0.2, 0.25) is 0 Å². The van der Waals surface area contributed by atoms with Crippen LogP contribution in [0.25, 0.3) is 10.9 Å². The molecule has 0 saturated heterocycles. The number of aryl methyl sites for hydroxylation is 1. The van der Waals surface area contributed by atoms with E-state index in [1.165, 1.54) is 4.57 Å².